The summed E-state index contributed by atoms with van der Waals surface area (Å²) in [6, 6.07) is -0.697. The fourth-order valence-corrected chi connectivity index (χ4v) is 8.47. The van der Waals surface area contributed by atoms with Gasteiger partial charge in [-0.2, -0.15) is 0 Å². The Morgan fingerprint density at radius 1 is 0.492 bits per heavy atom. The summed E-state index contributed by atoms with van der Waals surface area (Å²) in [6.07, 6.45) is 56.7. The molecule has 0 saturated heterocycles. The third-order valence-electron chi connectivity index (χ3n) is 12.5. The number of allylic oxidation sites excluding steroid dienone is 4. The highest BCUT2D eigenvalue weighted by Crippen LogP contribution is 2.19. The predicted octanol–water partition coefficient (Wildman–Crippen LogP) is 16.3. The van der Waals surface area contributed by atoms with Gasteiger partial charge in [-0.25, -0.2) is 0 Å². The number of nitrogens with one attached hydrogen (secondary N) is 1. The minimum atomic E-state index is -0.784. The molecule has 0 spiro atoms. The van der Waals surface area contributed by atoms with Crippen molar-refractivity contribution in [3.05, 3.63) is 24.3 Å². The van der Waals surface area contributed by atoms with Crippen LogP contribution in [0, 0.1) is 0 Å². The molecule has 6 heteroatoms. The molecule has 0 aliphatic heterocycles. The van der Waals surface area contributed by atoms with E-state index < -0.39 is 18.2 Å². The second-order valence-electron chi connectivity index (χ2n) is 18.6. The maximum atomic E-state index is 13.2. The van der Waals surface area contributed by atoms with Crippen molar-refractivity contribution in [2.75, 3.05) is 6.61 Å². The molecular formula is C55H105NO5. The van der Waals surface area contributed by atoms with Crippen LogP contribution < -0.4 is 5.32 Å². The van der Waals surface area contributed by atoms with Gasteiger partial charge in [-0.1, -0.05) is 251 Å². The first kappa shape index (κ1) is 59.3. The van der Waals surface area contributed by atoms with E-state index in [9.17, 15) is 19.8 Å². The standard InChI is InChI=1S/C55H105NO5/c1-4-7-10-13-16-19-22-24-26-27-28-29-32-34-37-40-43-46-51(61-55(60)48-45-42-39-36-33-30-25-23-20-17-14-11-8-5-2)49-54(59)56-52(50-57)53(58)47-44-41-38-35-31-21-18-15-12-9-6-3/h8,11,17,20,51-53,57-58H,4-7,9-10,12-16,18-19,21-50H2,1-3H3,(H,56,59)/b11-8+,20-17+. The van der Waals surface area contributed by atoms with Gasteiger partial charge in [0, 0.05) is 6.42 Å². The fourth-order valence-electron chi connectivity index (χ4n) is 8.47. The molecule has 3 unspecified atom stereocenters. The normalized spacial score (nSPS) is 13.3. The first-order valence-electron chi connectivity index (χ1n) is 27.1. The first-order valence-corrected chi connectivity index (χ1v) is 27.1. The molecule has 0 aliphatic carbocycles. The third kappa shape index (κ3) is 44.7. The smallest absolute Gasteiger partial charge is 0.306 e. The van der Waals surface area contributed by atoms with E-state index in [-0.39, 0.29) is 24.9 Å². The second kappa shape index (κ2) is 49.4. The van der Waals surface area contributed by atoms with Gasteiger partial charge in [0.1, 0.15) is 6.10 Å². The Labute approximate surface area is 380 Å². The average Bonchev–Trinajstić information content (AvgIpc) is 3.25. The molecule has 0 aromatic heterocycles. The summed E-state index contributed by atoms with van der Waals surface area (Å²) in [5.41, 5.74) is 0. The molecule has 3 atom stereocenters. The van der Waals surface area contributed by atoms with Crippen LogP contribution in [0.3, 0.4) is 0 Å². The number of hydrogen-bond donors (Lipinski definition) is 3. The zero-order valence-electron chi connectivity index (χ0n) is 41.1. The molecule has 0 aliphatic rings. The molecule has 1 amide bonds. The number of aliphatic hydroxyl groups is 2. The van der Waals surface area contributed by atoms with Crippen molar-refractivity contribution in [1.82, 2.24) is 5.32 Å². The topological polar surface area (TPSA) is 95.9 Å². The SMILES string of the molecule is CC/C=C/C/C=C/CCCCCCCCCC(=O)OC(CCCCCCCCCCCCCCCCCCC)CC(=O)NC(CO)C(O)CCCCCCCCCCCCC. The van der Waals surface area contributed by atoms with Crippen molar-refractivity contribution in [2.24, 2.45) is 0 Å². The molecule has 360 valence electrons. The molecule has 0 heterocycles. The summed E-state index contributed by atoms with van der Waals surface area (Å²) in [7, 11) is 0. The highest BCUT2D eigenvalue weighted by atomic mass is 16.5. The first-order chi connectivity index (χ1) is 30.0. The largest absolute Gasteiger partial charge is 0.462 e. The highest BCUT2D eigenvalue weighted by Gasteiger charge is 2.24. The van der Waals surface area contributed by atoms with Gasteiger partial charge in [0.15, 0.2) is 0 Å². The van der Waals surface area contributed by atoms with Crippen LogP contribution in [0.1, 0.15) is 290 Å². The van der Waals surface area contributed by atoms with Crippen LogP contribution in [-0.2, 0) is 14.3 Å². The molecule has 0 rings (SSSR count). The molecule has 0 aromatic carbocycles. The van der Waals surface area contributed by atoms with Gasteiger partial charge >= 0.3 is 5.97 Å². The minimum Gasteiger partial charge on any atom is -0.462 e. The predicted molar refractivity (Wildman–Crippen MR) is 264 cm³/mol. The van der Waals surface area contributed by atoms with Crippen LogP contribution in [0.5, 0.6) is 0 Å². The zero-order valence-corrected chi connectivity index (χ0v) is 41.1. The molecule has 0 saturated carbocycles. The van der Waals surface area contributed by atoms with Gasteiger partial charge in [-0.3, -0.25) is 9.59 Å². The molecule has 0 aromatic rings. The minimum absolute atomic E-state index is 0.0802. The van der Waals surface area contributed by atoms with Crippen molar-refractivity contribution in [3.63, 3.8) is 0 Å². The van der Waals surface area contributed by atoms with E-state index in [1.54, 1.807) is 0 Å². The van der Waals surface area contributed by atoms with Crippen molar-refractivity contribution in [3.8, 4) is 0 Å². The number of carbonyl (C=O) groups excluding carboxylic acids is 2. The van der Waals surface area contributed by atoms with Gasteiger partial charge in [0.05, 0.1) is 25.2 Å². The Hall–Kier alpha value is -1.66. The number of carbonyl (C=O) groups is 2. The quantitative estimate of drug-likeness (QED) is 0.0322. The number of rotatable bonds is 49. The van der Waals surface area contributed by atoms with Gasteiger partial charge in [0.2, 0.25) is 5.91 Å². The maximum Gasteiger partial charge on any atom is 0.306 e. The molecule has 6 nitrogen and oxygen atoms in total. The molecule has 3 N–H and O–H groups in total. The van der Waals surface area contributed by atoms with Crippen molar-refractivity contribution >= 4 is 11.9 Å². The van der Waals surface area contributed by atoms with Crippen LogP contribution in [0.4, 0.5) is 0 Å². The molecule has 0 fully saturated rings. The number of ether oxygens (including phenoxy) is 1. The van der Waals surface area contributed by atoms with Crippen LogP contribution in [0.25, 0.3) is 0 Å². The summed E-state index contributed by atoms with van der Waals surface area (Å²) in [5.74, 6) is -0.466. The van der Waals surface area contributed by atoms with E-state index >= 15 is 0 Å². The number of hydrogen-bond acceptors (Lipinski definition) is 5. The summed E-state index contributed by atoms with van der Waals surface area (Å²) >= 11 is 0. The van der Waals surface area contributed by atoms with E-state index in [2.05, 4.69) is 50.4 Å². The van der Waals surface area contributed by atoms with E-state index in [0.29, 0.717) is 19.3 Å². The molecule has 61 heavy (non-hydrogen) atoms. The van der Waals surface area contributed by atoms with Crippen LogP contribution in [0.15, 0.2) is 24.3 Å². The average molecular weight is 860 g/mol. The summed E-state index contributed by atoms with van der Waals surface area (Å²) in [4.78, 5) is 26.2. The van der Waals surface area contributed by atoms with Gasteiger partial charge in [-0.05, 0) is 51.4 Å². The summed E-state index contributed by atoms with van der Waals surface area (Å²) in [6.45, 7) is 6.40. The number of aliphatic hydroxyl groups excluding tert-OH is 2. The Morgan fingerprint density at radius 3 is 1.33 bits per heavy atom. The molecule has 0 bridgehead atoms. The van der Waals surface area contributed by atoms with Crippen molar-refractivity contribution < 1.29 is 24.5 Å². The lowest BCUT2D eigenvalue weighted by molar-refractivity contribution is -0.151. The summed E-state index contributed by atoms with van der Waals surface area (Å²) in [5, 5.41) is 23.8. The zero-order chi connectivity index (χ0) is 44.5. The number of esters is 1. The monoisotopic (exact) mass is 860 g/mol. The van der Waals surface area contributed by atoms with Crippen molar-refractivity contribution in [1.29, 1.82) is 0 Å². The molecule has 0 radical (unpaired) electrons. The van der Waals surface area contributed by atoms with Gasteiger partial charge in [-0.15, -0.1) is 0 Å². The Kier molecular flexibility index (Phi) is 48.0. The van der Waals surface area contributed by atoms with Gasteiger partial charge in [0.25, 0.3) is 0 Å². The van der Waals surface area contributed by atoms with Crippen LogP contribution in [0.2, 0.25) is 0 Å². The second-order valence-corrected chi connectivity index (χ2v) is 18.6. The lowest BCUT2D eigenvalue weighted by Gasteiger charge is -2.24. The Balaban J connectivity index is 4.54. The lowest BCUT2D eigenvalue weighted by atomic mass is 10.0. The van der Waals surface area contributed by atoms with E-state index in [4.69, 9.17) is 4.74 Å². The number of unbranched alkanes of at least 4 members (excludes halogenated alkanes) is 33. The van der Waals surface area contributed by atoms with Gasteiger partial charge < -0.3 is 20.3 Å². The van der Waals surface area contributed by atoms with E-state index in [0.717, 1.165) is 64.2 Å². The van der Waals surface area contributed by atoms with E-state index in [1.165, 1.54) is 180 Å². The number of amides is 1. The van der Waals surface area contributed by atoms with Crippen LogP contribution in [-0.4, -0.2) is 46.9 Å². The van der Waals surface area contributed by atoms with Crippen molar-refractivity contribution in [2.45, 2.75) is 309 Å². The molecular weight excluding hydrogens is 755 g/mol. The lowest BCUT2D eigenvalue weighted by Crippen LogP contribution is -2.46. The Bertz CT molecular complexity index is 966. The van der Waals surface area contributed by atoms with E-state index in [1.807, 2.05) is 0 Å². The maximum absolute atomic E-state index is 13.2. The summed E-state index contributed by atoms with van der Waals surface area (Å²) < 4.78 is 5.95. The fraction of sp³-hybridized carbons (Fsp3) is 0.891. The van der Waals surface area contributed by atoms with Crippen LogP contribution >= 0.6 is 0 Å². The Morgan fingerprint density at radius 2 is 0.885 bits per heavy atom. The highest BCUT2D eigenvalue weighted by molar-refractivity contribution is 5.77. The third-order valence-corrected chi connectivity index (χ3v) is 12.5.